The Balaban J connectivity index is 2.01. The number of rotatable bonds is 5. The number of benzene rings is 1. The molecular weight excluding hydrogens is 236 g/mol. The molecule has 0 spiro atoms. The van der Waals surface area contributed by atoms with E-state index < -0.39 is 0 Å². The maximum Gasteiger partial charge on any atom is 0.0701 e. The van der Waals surface area contributed by atoms with Crippen molar-refractivity contribution in [1.29, 1.82) is 0 Å². The normalized spacial score (nSPS) is 10.3. The van der Waals surface area contributed by atoms with E-state index in [0.29, 0.717) is 6.54 Å². The lowest BCUT2D eigenvalue weighted by Gasteiger charge is -2.00. The van der Waals surface area contributed by atoms with Gasteiger partial charge in [-0.2, -0.15) is 0 Å². The van der Waals surface area contributed by atoms with Crippen LogP contribution in [0.3, 0.4) is 0 Å². The summed E-state index contributed by atoms with van der Waals surface area (Å²) in [6, 6.07) is 14.1. The van der Waals surface area contributed by atoms with Crippen molar-refractivity contribution in [2.24, 2.45) is 5.11 Å². The Hall–Kier alpha value is -2.58. The lowest BCUT2D eigenvalue weighted by molar-refractivity contribution is 0.996. The predicted octanol–water partition coefficient (Wildman–Crippen LogP) is 4.46. The van der Waals surface area contributed by atoms with Gasteiger partial charge in [-0.25, -0.2) is 0 Å². The summed E-state index contributed by atoms with van der Waals surface area (Å²) in [5.74, 6) is 0. The fourth-order valence-corrected chi connectivity index (χ4v) is 1.69. The first-order chi connectivity index (χ1) is 9.40. The zero-order chi connectivity index (χ0) is 13.3. The van der Waals surface area contributed by atoms with Crippen LogP contribution in [0.1, 0.15) is 12.0 Å². The Morgan fingerprint density at radius 1 is 1.16 bits per heavy atom. The average molecular weight is 250 g/mol. The fourth-order valence-electron chi connectivity index (χ4n) is 1.69. The maximum absolute atomic E-state index is 8.15. The van der Waals surface area contributed by atoms with Crippen molar-refractivity contribution in [2.75, 3.05) is 6.54 Å². The molecule has 19 heavy (non-hydrogen) atoms. The van der Waals surface area contributed by atoms with Gasteiger partial charge >= 0.3 is 0 Å². The van der Waals surface area contributed by atoms with E-state index in [0.717, 1.165) is 23.2 Å². The molecule has 0 aliphatic rings. The van der Waals surface area contributed by atoms with E-state index in [-0.39, 0.29) is 0 Å². The molecule has 0 unspecified atom stereocenters. The van der Waals surface area contributed by atoms with Crippen molar-refractivity contribution < 1.29 is 0 Å². The fraction of sp³-hybridized carbons (Fsp3) is 0.133. The van der Waals surface area contributed by atoms with E-state index in [1.807, 2.05) is 42.5 Å². The molecule has 0 saturated carbocycles. The molecule has 0 aliphatic heterocycles. The molecule has 1 aromatic carbocycles. The second-order valence-corrected chi connectivity index (χ2v) is 3.98. The molecule has 0 amide bonds. The van der Waals surface area contributed by atoms with E-state index in [1.54, 1.807) is 6.20 Å². The zero-order valence-electron chi connectivity index (χ0n) is 10.5. The van der Waals surface area contributed by atoms with Gasteiger partial charge in [0, 0.05) is 23.2 Å². The van der Waals surface area contributed by atoms with Crippen molar-refractivity contribution in [2.45, 2.75) is 6.42 Å². The van der Waals surface area contributed by atoms with Gasteiger partial charge < -0.3 is 0 Å². The van der Waals surface area contributed by atoms with Gasteiger partial charge in [0.05, 0.1) is 5.69 Å². The van der Waals surface area contributed by atoms with Gasteiger partial charge in [-0.1, -0.05) is 47.6 Å². The second kappa shape index (κ2) is 6.99. The highest BCUT2D eigenvalue weighted by Gasteiger charge is 1.96. The number of hydrogen-bond donors (Lipinski definition) is 0. The molecule has 4 heteroatoms. The van der Waals surface area contributed by atoms with Gasteiger partial charge in [0.15, 0.2) is 0 Å². The molecule has 94 valence electrons. The number of hydrogen-bond acceptors (Lipinski definition) is 2. The van der Waals surface area contributed by atoms with Crippen LogP contribution < -0.4 is 0 Å². The topological polar surface area (TPSA) is 61.7 Å². The molecule has 0 aliphatic carbocycles. The Morgan fingerprint density at radius 3 is 2.68 bits per heavy atom. The van der Waals surface area contributed by atoms with E-state index >= 15 is 0 Å². The third-order valence-corrected chi connectivity index (χ3v) is 2.64. The minimum Gasteiger partial charge on any atom is -0.256 e. The van der Waals surface area contributed by atoms with Gasteiger partial charge in [0.2, 0.25) is 0 Å². The minimum absolute atomic E-state index is 0.499. The Kier molecular flexibility index (Phi) is 4.73. The average Bonchev–Trinajstić information content (AvgIpc) is 2.49. The first kappa shape index (κ1) is 12.9. The highest BCUT2D eigenvalue weighted by molar-refractivity contribution is 5.62. The van der Waals surface area contributed by atoms with Crippen molar-refractivity contribution in [3.63, 3.8) is 0 Å². The third-order valence-electron chi connectivity index (χ3n) is 2.64. The lowest BCUT2D eigenvalue weighted by Crippen LogP contribution is -1.82. The van der Waals surface area contributed by atoms with Gasteiger partial charge in [0.25, 0.3) is 0 Å². The Labute approximate surface area is 112 Å². The van der Waals surface area contributed by atoms with Gasteiger partial charge in [0.1, 0.15) is 0 Å². The molecule has 0 radical (unpaired) electrons. The molecule has 0 atom stereocenters. The second-order valence-electron chi connectivity index (χ2n) is 3.98. The van der Waals surface area contributed by atoms with E-state index in [9.17, 15) is 0 Å². The standard InChI is InChI=1S/C15H14N4/c16-19-18-12-4-1-5-13-7-9-14(10-8-13)15-6-2-3-11-17-15/h1-3,5-11H,4,12H2. The van der Waals surface area contributed by atoms with Crippen LogP contribution >= 0.6 is 0 Å². The molecule has 1 aromatic heterocycles. The van der Waals surface area contributed by atoms with Crippen LogP contribution in [0, 0.1) is 0 Å². The molecule has 0 saturated heterocycles. The first-order valence-electron chi connectivity index (χ1n) is 6.09. The summed E-state index contributed by atoms with van der Waals surface area (Å²) in [5.41, 5.74) is 11.4. The van der Waals surface area contributed by atoms with Crippen LogP contribution in [0.15, 0.2) is 59.9 Å². The van der Waals surface area contributed by atoms with Crippen molar-refractivity contribution >= 4 is 6.08 Å². The number of nitrogens with zero attached hydrogens (tertiary/aromatic N) is 4. The highest BCUT2D eigenvalue weighted by atomic mass is 15.1. The van der Waals surface area contributed by atoms with E-state index in [1.165, 1.54) is 0 Å². The maximum atomic E-state index is 8.15. The quantitative estimate of drug-likeness (QED) is 0.334. The van der Waals surface area contributed by atoms with E-state index in [4.69, 9.17) is 5.53 Å². The van der Waals surface area contributed by atoms with E-state index in [2.05, 4.69) is 27.1 Å². The summed E-state index contributed by atoms with van der Waals surface area (Å²) in [6.45, 7) is 0.499. The van der Waals surface area contributed by atoms with Crippen LogP contribution in [-0.2, 0) is 0 Å². The van der Waals surface area contributed by atoms with Gasteiger partial charge in [-0.05, 0) is 29.6 Å². The monoisotopic (exact) mass is 250 g/mol. The van der Waals surface area contributed by atoms with Crippen LogP contribution in [-0.4, -0.2) is 11.5 Å². The molecule has 0 N–H and O–H groups in total. The SMILES string of the molecule is [N-]=[N+]=NCCC=Cc1ccc(-c2ccccn2)cc1. The number of pyridine rings is 1. The number of aromatic nitrogens is 1. The first-order valence-corrected chi connectivity index (χ1v) is 6.09. The molecule has 1 heterocycles. The minimum atomic E-state index is 0.499. The lowest BCUT2D eigenvalue weighted by atomic mass is 10.1. The van der Waals surface area contributed by atoms with Crippen LogP contribution in [0.4, 0.5) is 0 Å². The Morgan fingerprint density at radius 2 is 2.00 bits per heavy atom. The number of azide groups is 1. The summed E-state index contributed by atoms with van der Waals surface area (Å²) in [7, 11) is 0. The summed E-state index contributed by atoms with van der Waals surface area (Å²) in [6.07, 6.45) is 6.57. The molecule has 0 bridgehead atoms. The highest BCUT2D eigenvalue weighted by Crippen LogP contribution is 2.17. The van der Waals surface area contributed by atoms with Crippen molar-refractivity contribution in [1.82, 2.24) is 4.98 Å². The molecule has 4 nitrogen and oxygen atoms in total. The summed E-state index contributed by atoms with van der Waals surface area (Å²) >= 11 is 0. The van der Waals surface area contributed by atoms with Crippen LogP contribution in [0.25, 0.3) is 27.8 Å². The smallest absolute Gasteiger partial charge is 0.0701 e. The van der Waals surface area contributed by atoms with Crippen molar-refractivity contribution in [3.05, 3.63) is 70.7 Å². The van der Waals surface area contributed by atoms with Gasteiger partial charge in [-0.15, -0.1) is 0 Å². The van der Waals surface area contributed by atoms with Crippen LogP contribution in [0.5, 0.6) is 0 Å². The zero-order valence-corrected chi connectivity index (χ0v) is 10.5. The van der Waals surface area contributed by atoms with Gasteiger partial charge in [-0.3, -0.25) is 4.98 Å². The summed E-state index contributed by atoms with van der Waals surface area (Å²) in [4.78, 5) is 7.02. The molecule has 0 fully saturated rings. The van der Waals surface area contributed by atoms with Crippen LogP contribution in [0.2, 0.25) is 0 Å². The summed E-state index contributed by atoms with van der Waals surface area (Å²) < 4.78 is 0. The predicted molar refractivity (Wildman–Crippen MR) is 77.3 cm³/mol. The largest absolute Gasteiger partial charge is 0.256 e. The third kappa shape index (κ3) is 3.98. The summed E-state index contributed by atoms with van der Waals surface area (Å²) in [5, 5.41) is 3.48. The molecule has 2 aromatic rings. The Bertz CT molecular complexity index is 581. The van der Waals surface area contributed by atoms with Crippen molar-refractivity contribution in [3.8, 4) is 11.3 Å². The molecule has 2 rings (SSSR count). The molecular formula is C15H14N4.